The van der Waals surface area contributed by atoms with Gasteiger partial charge in [0.05, 0.1) is 22.8 Å². The van der Waals surface area contributed by atoms with E-state index in [1.807, 2.05) is 55.5 Å². The number of nitrogens with one attached hydrogen (secondary N) is 1. The second-order valence-corrected chi connectivity index (χ2v) is 10.9. The molecule has 8 nitrogen and oxygen atoms in total. The minimum atomic E-state index is -4.74. The molecule has 2 aliphatic heterocycles. The van der Waals surface area contributed by atoms with E-state index in [9.17, 15) is 18.0 Å². The lowest BCUT2D eigenvalue weighted by Crippen LogP contribution is -2.36. The van der Waals surface area contributed by atoms with Crippen LogP contribution in [0.4, 0.5) is 24.5 Å². The van der Waals surface area contributed by atoms with Crippen molar-refractivity contribution in [2.75, 3.05) is 16.6 Å². The third-order valence-electron chi connectivity index (χ3n) is 6.37. The molecule has 0 aliphatic carbocycles. The van der Waals surface area contributed by atoms with Gasteiger partial charge in [-0.05, 0) is 54.3 Å². The molecule has 3 aromatic rings. The maximum absolute atomic E-state index is 13.0. The summed E-state index contributed by atoms with van der Waals surface area (Å²) in [6, 6.07) is 20.9. The lowest BCUT2D eigenvalue weighted by molar-refractivity contribution is -0.274. The number of halogens is 3. The Morgan fingerprint density at radius 2 is 1.78 bits per heavy atom. The largest absolute Gasteiger partial charge is 0.573 e. The number of benzene rings is 3. The zero-order chi connectivity index (χ0) is 29.1. The van der Waals surface area contributed by atoms with E-state index in [0.717, 1.165) is 22.4 Å². The Balaban J connectivity index is 1.24. The monoisotopic (exact) mass is 580 g/mol. The number of aliphatic imine (C=N–C) groups is 1. The fourth-order valence-electron chi connectivity index (χ4n) is 4.35. The Hall–Kier alpha value is -4.32. The van der Waals surface area contributed by atoms with Gasteiger partial charge in [-0.2, -0.15) is 5.10 Å². The van der Waals surface area contributed by atoms with Crippen LogP contribution in [-0.4, -0.2) is 41.4 Å². The molecule has 1 N–H and O–H groups in total. The highest BCUT2D eigenvalue weighted by Gasteiger charge is 2.37. The zero-order valence-corrected chi connectivity index (χ0v) is 23.3. The number of hydrazine groups is 1. The highest BCUT2D eigenvalue weighted by atomic mass is 32.2. The first-order chi connectivity index (χ1) is 19.6. The second-order valence-electron chi connectivity index (χ2n) is 9.63. The van der Waals surface area contributed by atoms with Crippen LogP contribution in [0.5, 0.6) is 5.75 Å². The number of ether oxygens (including phenoxy) is 1. The molecule has 5 rings (SSSR count). The molecule has 212 valence electrons. The van der Waals surface area contributed by atoms with Crippen molar-refractivity contribution in [1.82, 2.24) is 5.43 Å². The van der Waals surface area contributed by atoms with Crippen molar-refractivity contribution in [2.24, 2.45) is 15.2 Å². The van der Waals surface area contributed by atoms with E-state index in [2.05, 4.69) is 39.2 Å². The van der Waals surface area contributed by atoms with Crippen LogP contribution < -0.4 is 20.1 Å². The van der Waals surface area contributed by atoms with Gasteiger partial charge < -0.3 is 4.74 Å². The number of amidine groups is 2. The van der Waals surface area contributed by atoms with E-state index >= 15 is 0 Å². The highest BCUT2D eigenvalue weighted by Crippen LogP contribution is 2.36. The molecule has 1 atom stereocenters. The first-order valence-electron chi connectivity index (χ1n) is 12.8. The van der Waals surface area contributed by atoms with E-state index < -0.39 is 6.36 Å². The van der Waals surface area contributed by atoms with Gasteiger partial charge in [-0.3, -0.25) is 20.1 Å². The number of hydrogen-bond donors (Lipinski definition) is 1. The standard InChI is InChI=1S/C29H27F3N6O2S/c1-18(2)24-6-4-5-7-25(24)38-27(39)19(3)41-28(38)35-34-16-20-8-10-21(11-9-20)26-33-17-37(36-26)22-12-14-23(15-13-22)40-29(30,31)32/h4-16,18-19H,17H2,1-3H3,(H,33,36)/b34-16+,35-28-. The number of amides is 1. The van der Waals surface area contributed by atoms with Crippen LogP contribution in [0.25, 0.3) is 0 Å². The van der Waals surface area contributed by atoms with Crippen LogP contribution in [-0.2, 0) is 4.79 Å². The number of nitrogens with zero attached hydrogens (tertiary/aromatic N) is 5. The molecule has 2 heterocycles. The Morgan fingerprint density at radius 3 is 2.46 bits per heavy atom. The fraction of sp³-hybridized carbons (Fsp3) is 0.241. The zero-order valence-electron chi connectivity index (χ0n) is 22.5. The van der Waals surface area contributed by atoms with Gasteiger partial charge in [-0.25, -0.2) is 4.99 Å². The third-order valence-corrected chi connectivity index (χ3v) is 7.40. The van der Waals surface area contributed by atoms with Gasteiger partial charge in [-0.1, -0.05) is 68.1 Å². The average Bonchev–Trinajstić information content (AvgIpc) is 3.53. The Kier molecular flexibility index (Phi) is 8.02. The normalized spacial score (nSPS) is 18.5. The molecule has 0 saturated carbocycles. The molecule has 1 saturated heterocycles. The quantitative estimate of drug-likeness (QED) is 0.262. The molecule has 0 radical (unpaired) electrons. The van der Waals surface area contributed by atoms with Crippen molar-refractivity contribution in [1.29, 1.82) is 0 Å². The summed E-state index contributed by atoms with van der Waals surface area (Å²) in [5, 5.41) is 10.6. The van der Waals surface area contributed by atoms with Gasteiger partial charge in [0.15, 0.2) is 5.17 Å². The summed E-state index contributed by atoms with van der Waals surface area (Å²) in [6.45, 7) is 6.34. The van der Waals surface area contributed by atoms with Crippen LogP contribution >= 0.6 is 11.8 Å². The maximum atomic E-state index is 13.0. The van der Waals surface area contributed by atoms with Crippen molar-refractivity contribution in [3.63, 3.8) is 0 Å². The molecule has 2 aliphatic rings. The number of para-hydroxylation sites is 1. The molecule has 3 aromatic carbocycles. The number of anilines is 2. The smallest absolute Gasteiger partial charge is 0.406 e. The van der Waals surface area contributed by atoms with Gasteiger partial charge in [0, 0.05) is 5.56 Å². The Bertz CT molecular complexity index is 1500. The van der Waals surface area contributed by atoms with E-state index in [4.69, 9.17) is 0 Å². The minimum absolute atomic E-state index is 0.0223. The first-order valence-corrected chi connectivity index (χ1v) is 13.7. The molecule has 1 fully saturated rings. The van der Waals surface area contributed by atoms with Crippen LogP contribution in [0.3, 0.4) is 0 Å². The molecular formula is C29H27F3N6O2S. The van der Waals surface area contributed by atoms with Crippen molar-refractivity contribution in [2.45, 2.75) is 38.3 Å². The second kappa shape index (κ2) is 11.7. The number of carbonyl (C=O) groups excluding carboxylic acids is 1. The van der Waals surface area contributed by atoms with Crippen molar-refractivity contribution in [3.8, 4) is 5.75 Å². The molecule has 12 heteroatoms. The van der Waals surface area contributed by atoms with E-state index in [-0.39, 0.29) is 22.8 Å². The highest BCUT2D eigenvalue weighted by molar-refractivity contribution is 8.16. The average molecular weight is 581 g/mol. The van der Waals surface area contributed by atoms with Gasteiger partial charge in [0.1, 0.15) is 18.3 Å². The summed E-state index contributed by atoms with van der Waals surface area (Å²) in [7, 11) is 0. The first kappa shape index (κ1) is 28.2. The maximum Gasteiger partial charge on any atom is 0.573 e. The molecule has 1 amide bonds. The lowest BCUT2D eigenvalue weighted by atomic mass is 10.0. The molecule has 1 unspecified atom stereocenters. The topological polar surface area (TPSA) is 81.9 Å². The summed E-state index contributed by atoms with van der Waals surface area (Å²) in [5.41, 5.74) is 7.33. The summed E-state index contributed by atoms with van der Waals surface area (Å²) in [4.78, 5) is 19.1. The number of rotatable bonds is 7. The summed E-state index contributed by atoms with van der Waals surface area (Å²) in [6.07, 6.45) is -3.11. The number of alkyl halides is 3. The fourth-order valence-corrected chi connectivity index (χ4v) is 5.26. The molecule has 0 spiro atoms. The van der Waals surface area contributed by atoms with Crippen molar-refractivity contribution in [3.05, 3.63) is 89.5 Å². The van der Waals surface area contributed by atoms with Gasteiger partial charge in [0.2, 0.25) is 5.91 Å². The van der Waals surface area contributed by atoms with E-state index in [0.29, 0.717) is 23.4 Å². The summed E-state index contributed by atoms with van der Waals surface area (Å²) >= 11 is 1.38. The number of thioether (sulfide) groups is 1. The van der Waals surface area contributed by atoms with Gasteiger partial charge >= 0.3 is 6.36 Å². The summed E-state index contributed by atoms with van der Waals surface area (Å²) in [5.74, 6) is 0.557. The van der Waals surface area contributed by atoms with Crippen LogP contribution in [0.2, 0.25) is 0 Å². The Morgan fingerprint density at radius 1 is 1.07 bits per heavy atom. The molecule has 41 heavy (non-hydrogen) atoms. The van der Waals surface area contributed by atoms with Gasteiger partial charge in [0.25, 0.3) is 0 Å². The predicted octanol–water partition coefficient (Wildman–Crippen LogP) is 6.30. The van der Waals surface area contributed by atoms with E-state index in [1.54, 1.807) is 16.1 Å². The van der Waals surface area contributed by atoms with Gasteiger partial charge in [-0.15, -0.1) is 18.3 Å². The van der Waals surface area contributed by atoms with Crippen molar-refractivity contribution < 1.29 is 22.7 Å². The predicted molar refractivity (Wildman–Crippen MR) is 157 cm³/mol. The lowest BCUT2D eigenvalue weighted by Gasteiger charge is -2.21. The third kappa shape index (κ3) is 6.54. The SMILES string of the molecule is CC1S/C(=N\N=C\c2ccc(C3=NCN(c4ccc(OC(F)(F)F)cc4)N3)cc2)N(c2ccccc2C(C)C)C1=O. The van der Waals surface area contributed by atoms with Crippen LogP contribution in [0.1, 0.15) is 43.4 Å². The van der Waals surface area contributed by atoms with Crippen LogP contribution in [0, 0.1) is 0 Å². The minimum Gasteiger partial charge on any atom is -0.406 e. The molecule has 0 bridgehead atoms. The molecule has 0 aromatic heterocycles. The van der Waals surface area contributed by atoms with Crippen LogP contribution in [0.15, 0.2) is 88.0 Å². The summed E-state index contributed by atoms with van der Waals surface area (Å²) < 4.78 is 41.1. The number of hydrogen-bond acceptors (Lipinski definition) is 8. The Labute approximate surface area is 239 Å². The van der Waals surface area contributed by atoms with Crippen molar-refractivity contribution >= 4 is 46.3 Å². The van der Waals surface area contributed by atoms with E-state index in [1.165, 1.54) is 36.0 Å². The number of carbonyl (C=O) groups is 1. The molecular weight excluding hydrogens is 553 g/mol.